The summed E-state index contributed by atoms with van der Waals surface area (Å²) in [5.74, 6) is -2.43. The van der Waals surface area contributed by atoms with Crippen molar-refractivity contribution in [3.8, 4) is 11.1 Å². The molecule has 148 valence electrons. The second-order valence-electron chi connectivity index (χ2n) is 7.17. The lowest BCUT2D eigenvalue weighted by Gasteiger charge is -2.05. The Kier molecular flexibility index (Phi) is 5.02. The van der Waals surface area contributed by atoms with Gasteiger partial charge in [-0.05, 0) is 35.7 Å². The van der Waals surface area contributed by atoms with Crippen molar-refractivity contribution < 1.29 is 19.5 Å². The minimum absolute atomic E-state index is 0.0115. The summed E-state index contributed by atoms with van der Waals surface area (Å²) in [6, 6.07) is 22.3. The number of rotatable bonds is 6. The lowest BCUT2D eigenvalue weighted by Crippen LogP contribution is -2.14. The van der Waals surface area contributed by atoms with E-state index in [0.717, 1.165) is 16.7 Å². The quantitative estimate of drug-likeness (QED) is 0.358. The molecule has 2 N–H and O–H groups in total. The number of aromatic nitrogens is 1. The summed E-state index contributed by atoms with van der Waals surface area (Å²) >= 11 is 0. The lowest BCUT2D eigenvalue weighted by molar-refractivity contribution is -0.131. The summed E-state index contributed by atoms with van der Waals surface area (Å²) in [6.45, 7) is 1.51. The van der Waals surface area contributed by atoms with Gasteiger partial charge in [0, 0.05) is 28.6 Å². The highest BCUT2D eigenvalue weighted by Gasteiger charge is 2.24. The monoisotopic (exact) mass is 397 g/mol. The van der Waals surface area contributed by atoms with Crippen LogP contribution in [0.3, 0.4) is 0 Å². The summed E-state index contributed by atoms with van der Waals surface area (Å²) in [5.41, 5.74) is 4.77. The molecule has 4 rings (SSSR count). The standard InChI is InChI=1S/C25H19NO4/c1-15(27)17-7-9-18(10-8-17)19-11-12-21-20(14-19)23(24(28)25(29)30)22(26-21)13-16-5-3-2-4-6-16/h2-12,14,26H,13H2,1H3,(H,29,30). The number of fused-ring (bicyclic) bond motifs is 1. The number of Topliss-reactive ketones (excluding diaryl/α,β-unsaturated/α-hetero) is 2. The number of carbonyl (C=O) groups is 3. The smallest absolute Gasteiger partial charge is 0.377 e. The van der Waals surface area contributed by atoms with Crippen LogP contribution in [0.5, 0.6) is 0 Å². The number of ketones is 2. The normalized spacial score (nSPS) is 10.8. The molecule has 0 atom stereocenters. The second-order valence-corrected chi connectivity index (χ2v) is 7.17. The van der Waals surface area contributed by atoms with Crippen LogP contribution < -0.4 is 0 Å². The Morgan fingerprint density at radius 3 is 2.17 bits per heavy atom. The Morgan fingerprint density at radius 1 is 0.867 bits per heavy atom. The average Bonchev–Trinajstić information content (AvgIpc) is 3.10. The second kappa shape index (κ2) is 7.79. The molecule has 0 aliphatic heterocycles. The van der Waals surface area contributed by atoms with Crippen molar-refractivity contribution >= 4 is 28.4 Å². The van der Waals surface area contributed by atoms with E-state index >= 15 is 0 Å². The predicted molar refractivity (Wildman–Crippen MR) is 115 cm³/mol. The van der Waals surface area contributed by atoms with E-state index in [9.17, 15) is 19.5 Å². The molecule has 0 aliphatic carbocycles. The van der Waals surface area contributed by atoms with Gasteiger partial charge in [-0.3, -0.25) is 9.59 Å². The third-order valence-electron chi connectivity index (χ3n) is 5.15. The first-order valence-electron chi connectivity index (χ1n) is 9.51. The van der Waals surface area contributed by atoms with Crippen molar-refractivity contribution in [2.75, 3.05) is 0 Å². The van der Waals surface area contributed by atoms with Gasteiger partial charge in [0.1, 0.15) is 0 Å². The molecule has 0 amide bonds. The fraction of sp³-hybridized carbons (Fsp3) is 0.0800. The van der Waals surface area contributed by atoms with Gasteiger partial charge in [-0.25, -0.2) is 4.79 Å². The highest BCUT2D eigenvalue weighted by molar-refractivity contribution is 6.42. The average molecular weight is 397 g/mol. The number of benzene rings is 3. The first-order valence-corrected chi connectivity index (χ1v) is 9.51. The maximum absolute atomic E-state index is 12.5. The summed E-state index contributed by atoms with van der Waals surface area (Å²) in [4.78, 5) is 38.8. The third-order valence-corrected chi connectivity index (χ3v) is 5.15. The SMILES string of the molecule is CC(=O)c1ccc(-c2ccc3[nH]c(Cc4ccccc4)c(C(=O)C(=O)O)c3c2)cc1. The molecule has 0 radical (unpaired) electrons. The summed E-state index contributed by atoms with van der Waals surface area (Å²) < 4.78 is 0. The van der Waals surface area contributed by atoms with Crippen LogP contribution in [0.1, 0.15) is 38.9 Å². The number of carboxylic acid groups (broad SMARTS) is 1. The van der Waals surface area contributed by atoms with Crippen LogP contribution in [0.2, 0.25) is 0 Å². The van der Waals surface area contributed by atoms with Crippen LogP contribution in [0, 0.1) is 0 Å². The molecule has 0 spiro atoms. The lowest BCUT2D eigenvalue weighted by atomic mass is 9.98. The van der Waals surface area contributed by atoms with E-state index < -0.39 is 11.8 Å². The minimum atomic E-state index is -1.48. The summed E-state index contributed by atoms with van der Waals surface area (Å²) in [7, 11) is 0. The third kappa shape index (κ3) is 3.65. The van der Waals surface area contributed by atoms with Crippen molar-refractivity contribution in [3.63, 3.8) is 0 Å². The Labute approximate surface area is 173 Å². The van der Waals surface area contributed by atoms with Crippen molar-refractivity contribution in [2.24, 2.45) is 0 Å². The van der Waals surface area contributed by atoms with E-state index in [1.54, 1.807) is 12.1 Å². The molecule has 1 heterocycles. The molecule has 0 unspecified atom stereocenters. The van der Waals surface area contributed by atoms with Gasteiger partial charge in [0.15, 0.2) is 5.78 Å². The van der Waals surface area contributed by atoms with Crippen molar-refractivity contribution in [1.29, 1.82) is 0 Å². The van der Waals surface area contributed by atoms with E-state index in [4.69, 9.17) is 0 Å². The van der Waals surface area contributed by atoms with Crippen LogP contribution in [-0.2, 0) is 11.2 Å². The molecule has 0 saturated heterocycles. The molecular formula is C25H19NO4. The zero-order valence-electron chi connectivity index (χ0n) is 16.3. The maximum Gasteiger partial charge on any atom is 0.377 e. The van der Waals surface area contributed by atoms with Crippen LogP contribution >= 0.6 is 0 Å². The van der Waals surface area contributed by atoms with Gasteiger partial charge in [-0.15, -0.1) is 0 Å². The van der Waals surface area contributed by atoms with Gasteiger partial charge in [0.05, 0.1) is 5.56 Å². The Balaban J connectivity index is 1.83. The summed E-state index contributed by atoms with van der Waals surface area (Å²) in [5, 5.41) is 9.95. The molecule has 30 heavy (non-hydrogen) atoms. The molecule has 0 saturated carbocycles. The minimum Gasteiger partial charge on any atom is -0.475 e. The Bertz CT molecular complexity index is 1270. The highest BCUT2D eigenvalue weighted by atomic mass is 16.4. The molecule has 0 aliphatic rings. The largest absolute Gasteiger partial charge is 0.475 e. The van der Waals surface area contributed by atoms with Crippen molar-refractivity contribution in [2.45, 2.75) is 13.3 Å². The van der Waals surface area contributed by atoms with Crippen LogP contribution in [0.25, 0.3) is 22.0 Å². The fourth-order valence-corrected chi connectivity index (χ4v) is 3.62. The van der Waals surface area contributed by atoms with Crippen LogP contribution in [0.4, 0.5) is 0 Å². The van der Waals surface area contributed by atoms with Crippen molar-refractivity contribution in [3.05, 3.63) is 95.2 Å². The van der Waals surface area contributed by atoms with E-state index in [1.165, 1.54) is 6.92 Å². The molecule has 5 nitrogen and oxygen atoms in total. The molecule has 4 aromatic rings. The number of hydrogen-bond donors (Lipinski definition) is 2. The zero-order chi connectivity index (χ0) is 21.3. The van der Waals surface area contributed by atoms with E-state index in [2.05, 4.69) is 4.98 Å². The zero-order valence-corrected chi connectivity index (χ0v) is 16.3. The van der Waals surface area contributed by atoms with Gasteiger partial charge in [0.25, 0.3) is 5.78 Å². The first kappa shape index (κ1) is 19.3. The number of aromatic amines is 1. The van der Waals surface area contributed by atoms with Gasteiger partial charge in [0.2, 0.25) is 0 Å². The van der Waals surface area contributed by atoms with Crippen LogP contribution in [0.15, 0.2) is 72.8 Å². The summed E-state index contributed by atoms with van der Waals surface area (Å²) in [6.07, 6.45) is 0.423. The number of H-pyrrole nitrogens is 1. The Morgan fingerprint density at radius 2 is 1.53 bits per heavy atom. The van der Waals surface area contributed by atoms with E-state index in [1.807, 2.05) is 60.7 Å². The molecular weight excluding hydrogens is 378 g/mol. The number of carbonyl (C=O) groups excluding carboxylic acids is 2. The number of hydrogen-bond acceptors (Lipinski definition) is 3. The van der Waals surface area contributed by atoms with E-state index in [0.29, 0.717) is 28.6 Å². The predicted octanol–water partition coefficient (Wildman–Crippen LogP) is 4.90. The fourth-order valence-electron chi connectivity index (χ4n) is 3.62. The van der Waals surface area contributed by atoms with Gasteiger partial charge in [-0.2, -0.15) is 0 Å². The highest BCUT2D eigenvalue weighted by Crippen LogP contribution is 2.30. The number of aliphatic carboxylic acids is 1. The number of carboxylic acids is 1. The van der Waals surface area contributed by atoms with Crippen molar-refractivity contribution in [1.82, 2.24) is 4.98 Å². The van der Waals surface area contributed by atoms with Crippen LogP contribution in [-0.4, -0.2) is 27.6 Å². The van der Waals surface area contributed by atoms with Gasteiger partial charge < -0.3 is 10.1 Å². The topological polar surface area (TPSA) is 87.2 Å². The first-order chi connectivity index (χ1) is 14.4. The molecule has 5 heteroatoms. The van der Waals surface area contributed by atoms with Gasteiger partial charge >= 0.3 is 5.97 Å². The molecule has 0 fully saturated rings. The van der Waals surface area contributed by atoms with Gasteiger partial charge in [-0.1, -0.05) is 60.7 Å². The maximum atomic E-state index is 12.5. The molecule has 1 aromatic heterocycles. The molecule has 0 bridgehead atoms. The molecule has 3 aromatic carbocycles. The Hall–Kier alpha value is -3.99. The number of nitrogens with one attached hydrogen (secondary N) is 1. The van der Waals surface area contributed by atoms with E-state index in [-0.39, 0.29) is 11.3 Å².